The number of amides is 1. The number of ether oxygens (including phenoxy) is 1. The highest BCUT2D eigenvalue weighted by Gasteiger charge is 2.35. The van der Waals surface area contributed by atoms with E-state index in [4.69, 9.17) is 4.74 Å². The van der Waals surface area contributed by atoms with Crippen molar-refractivity contribution in [2.75, 3.05) is 0 Å². The van der Waals surface area contributed by atoms with E-state index >= 15 is 0 Å². The Hall–Kier alpha value is -1.85. The minimum Gasteiger partial charge on any atom is -0.444 e. The zero-order valence-electron chi connectivity index (χ0n) is 13.6. The molecule has 2 rings (SSSR count). The van der Waals surface area contributed by atoms with Crippen LogP contribution in [0.4, 0.5) is 4.79 Å². The molecule has 0 aliphatic carbocycles. The highest BCUT2D eigenvalue weighted by atomic mass is 16.6. The van der Waals surface area contributed by atoms with Gasteiger partial charge in [-0.15, -0.1) is 0 Å². The molecular formula is C15H23N3O3. The van der Waals surface area contributed by atoms with Gasteiger partial charge in [-0.1, -0.05) is 0 Å². The summed E-state index contributed by atoms with van der Waals surface area (Å²) in [6, 6.07) is 0. The number of fused-ring (bicyclic) bond motifs is 1. The van der Waals surface area contributed by atoms with E-state index in [9.17, 15) is 9.59 Å². The van der Waals surface area contributed by atoms with Gasteiger partial charge in [0.05, 0.1) is 24.3 Å². The molecule has 2 heterocycles. The summed E-state index contributed by atoms with van der Waals surface area (Å²) in [6.45, 7) is 12.4. The highest BCUT2D eigenvalue weighted by Crippen LogP contribution is 2.30. The Bertz CT molecular complexity index is 576. The monoisotopic (exact) mass is 293 g/mol. The van der Waals surface area contributed by atoms with Gasteiger partial charge in [-0.3, -0.25) is 14.4 Å². The summed E-state index contributed by atoms with van der Waals surface area (Å²) >= 11 is 0. The molecule has 6 heteroatoms. The standard InChI is InChI=1S/C15H23N3O3/c1-14(2,3)18-12-8-17(13(20)21-15(4,5)6)7-10(12)11(9-19)16-18/h9H,7-8H2,1-6H3. The topological polar surface area (TPSA) is 64.4 Å². The molecule has 21 heavy (non-hydrogen) atoms. The Balaban J connectivity index is 2.28. The van der Waals surface area contributed by atoms with Crippen LogP contribution in [0, 0.1) is 0 Å². The number of hydrogen-bond donors (Lipinski definition) is 0. The molecule has 0 fully saturated rings. The Morgan fingerprint density at radius 3 is 2.29 bits per heavy atom. The third kappa shape index (κ3) is 3.09. The Labute approximate surface area is 125 Å². The molecule has 116 valence electrons. The van der Waals surface area contributed by atoms with Crippen LogP contribution in [0.1, 0.15) is 63.3 Å². The normalized spacial score (nSPS) is 15.0. The fourth-order valence-corrected chi connectivity index (χ4v) is 2.37. The van der Waals surface area contributed by atoms with Crippen LogP contribution in [0.15, 0.2) is 0 Å². The molecule has 0 atom stereocenters. The SMILES string of the molecule is CC(C)(C)OC(=O)N1Cc2c(C=O)nn(C(C)(C)C)c2C1. The van der Waals surface area contributed by atoms with Crippen molar-refractivity contribution in [3.63, 3.8) is 0 Å². The first-order valence-electron chi connectivity index (χ1n) is 7.07. The lowest BCUT2D eigenvalue weighted by Gasteiger charge is -2.25. The fourth-order valence-electron chi connectivity index (χ4n) is 2.37. The van der Waals surface area contributed by atoms with Crippen molar-refractivity contribution >= 4 is 12.4 Å². The predicted molar refractivity (Wildman–Crippen MR) is 78.1 cm³/mol. The minimum atomic E-state index is -0.532. The fraction of sp³-hybridized carbons (Fsp3) is 0.667. The molecule has 0 unspecified atom stereocenters. The number of aromatic nitrogens is 2. The van der Waals surface area contributed by atoms with Crippen molar-refractivity contribution in [3.05, 3.63) is 17.0 Å². The second-order valence-electron chi connectivity index (χ2n) is 7.35. The molecule has 0 saturated heterocycles. The van der Waals surface area contributed by atoms with Gasteiger partial charge >= 0.3 is 6.09 Å². The number of nitrogens with zero attached hydrogens (tertiary/aromatic N) is 3. The lowest BCUT2D eigenvalue weighted by Crippen LogP contribution is -2.34. The molecule has 1 aliphatic rings. The first kappa shape index (κ1) is 15.5. The van der Waals surface area contributed by atoms with Crippen LogP contribution in [0.3, 0.4) is 0 Å². The first-order chi connectivity index (χ1) is 9.53. The molecule has 0 bridgehead atoms. The number of carbonyl (C=O) groups excluding carboxylic acids is 2. The molecule has 1 aromatic rings. The highest BCUT2D eigenvalue weighted by molar-refractivity contribution is 5.77. The van der Waals surface area contributed by atoms with Gasteiger partial charge in [0.1, 0.15) is 11.3 Å². The average molecular weight is 293 g/mol. The average Bonchev–Trinajstić information content (AvgIpc) is 2.82. The lowest BCUT2D eigenvalue weighted by molar-refractivity contribution is 0.0235. The van der Waals surface area contributed by atoms with Crippen molar-refractivity contribution < 1.29 is 14.3 Å². The van der Waals surface area contributed by atoms with Crippen LogP contribution in [-0.2, 0) is 23.4 Å². The van der Waals surface area contributed by atoms with Crippen LogP contribution in [-0.4, -0.2) is 32.7 Å². The molecule has 0 aromatic carbocycles. The number of carbonyl (C=O) groups is 2. The molecule has 0 radical (unpaired) electrons. The van der Waals surface area contributed by atoms with E-state index in [0.717, 1.165) is 17.5 Å². The third-order valence-electron chi connectivity index (χ3n) is 3.21. The molecule has 1 amide bonds. The van der Waals surface area contributed by atoms with Gasteiger partial charge in [-0.2, -0.15) is 5.10 Å². The van der Waals surface area contributed by atoms with Crippen molar-refractivity contribution in [1.82, 2.24) is 14.7 Å². The molecule has 0 N–H and O–H groups in total. The largest absolute Gasteiger partial charge is 0.444 e. The number of aldehydes is 1. The molecule has 1 aliphatic heterocycles. The van der Waals surface area contributed by atoms with Gasteiger partial charge in [0.15, 0.2) is 6.29 Å². The summed E-state index contributed by atoms with van der Waals surface area (Å²) in [5.74, 6) is 0. The molecule has 6 nitrogen and oxygen atoms in total. The first-order valence-corrected chi connectivity index (χ1v) is 7.07. The lowest BCUT2D eigenvalue weighted by atomic mass is 10.1. The molecule has 0 spiro atoms. The summed E-state index contributed by atoms with van der Waals surface area (Å²) < 4.78 is 7.22. The summed E-state index contributed by atoms with van der Waals surface area (Å²) in [4.78, 5) is 25.0. The molecular weight excluding hydrogens is 270 g/mol. The maximum atomic E-state index is 12.2. The number of rotatable bonds is 1. The van der Waals surface area contributed by atoms with Crippen molar-refractivity contribution in [3.8, 4) is 0 Å². The molecule has 0 saturated carbocycles. The Kier molecular flexibility index (Phi) is 3.59. The second-order valence-corrected chi connectivity index (χ2v) is 7.35. The van der Waals surface area contributed by atoms with E-state index in [2.05, 4.69) is 5.10 Å². The van der Waals surface area contributed by atoms with Gasteiger partial charge in [0.2, 0.25) is 0 Å². The van der Waals surface area contributed by atoms with Gasteiger partial charge < -0.3 is 4.74 Å². The van der Waals surface area contributed by atoms with Gasteiger partial charge in [-0.25, -0.2) is 4.79 Å². The van der Waals surface area contributed by atoms with E-state index < -0.39 is 5.60 Å². The van der Waals surface area contributed by atoms with Crippen molar-refractivity contribution in [2.45, 2.75) is 65.8 Å². The minimum absolute atomic E-state index is 0.241. The zero-order chi connectivity index (χ0) is 16.0. The Morgan fingerprint density at radius 1 is 1.19 bits per heavy atom. The summed E-state index contributed by atoms with van der Waals surface area (Å²) in [6.07, 6.45) is 0.385. The zero-order valence-corrected chi connectivity index (χ0v) is 13.6. The van der Waals surface area contributed by atoms with Crippen LogP contribution in [0.5, 0.6) is 0 Å². The van der Waals surface area contributed by atoms with E-state index in [1.54, 1.807) is 4.90 Å². The van der Waals surface area contributed by atoms with Gasteiger partial charge in [-0.05, 0) is 41.5 Å². The quantitative estimate of drug-likeness (QED) is 0.747. The second kappa shape index (κ2) is 4.86. The van der Waals surface area contributed by atoms with Crippen molar-refractivity contribution in [2.24, 2.45) is 0 Å². The maximum Gasteiger partial charge on any atom is 0.410 e. The van der Waals surface area contributed by atoms with Crippen LogP contribution in [0.25, 0.3) is 0 Å². The van der Waals surface area contributed by atoms with Crippen LogP contribution < -0.4 is 0 Å². The van der Waals surface area contributed by atoms with E-state index in [1.807, 2.05) is 46.2 Å². The Morgan fingerprint density at radius 2 is 1.81 bits per heavy atom. The summed E-state index contributed by atoms with van der Waals surface area (Å²) in [5.41, 5.74) is 1.37. The van der Waals surface area contributed by atoms with Crippen LogP contribution in [0.2, 0.25) is 0 Å². The predicted octanol–water partition coefficient (Wildman–Crippen LogP) is 2.70. The maximum absolute atomic E-state index is 12.2. The number of hydrogen-bond acceptors (Lipinski definition) is 4. The smallest absolute Gasteiger partial charge is 0.410 e. The van der Waals surface area contributed by atoms with E-state index in [0.29, 0.717) is 18.8 Å². The van der Waals surface area contributed by atoms with Crippen LogP contribution >= 0.6 is 0 Å². The molecule has 1 aromatic heterocycles. The van der Waals surface area contributed by atoms with Crippen molar-refractivity contribution in [1.29, 1.82) is 0 Å². The van der Waals surface area contributed by atoms with E-state index in [1.165, 1.54) is 0 Å². The van der Waals surface area contributed by atoms with E-state index in [-0.39, 0.29) is 11.6 Å². The third-order valence-corrected chi connectivity index (χ3v) is 3.21. The summed E-state index contributed by atoms with van der Waals surface area (Å²) in [5, 5.41) is 4.36. The van der Waals surface area contributed by atoms with Gasteiger partial charge in [0, 0.05) is 5.56 Å². The summed E-state index contributed by atoms with van der Waals surface area (Å²) in [7, 11) is 0. The van der Waals surface area contributed by atoms with Gasteiger partial charge in [0.25, 0.3) is 0 Å².